The first-order chi connectivity index (χ1) is 14.8. The van der Waals surface area contributed by atoms with Gasteiger partial charge >= 0.3 is 0 Å². The van der Waals surface area contributed by atoms with E-state index in [4.69, 9.17) is 11.5 Å². The molecule has 4 N–H and O–H groups in total. The molecule has 2 aromatic rings. The molecule has 0 aromatic heterocycles. The van der Waals surface area contributed by atoms with Gasteiger partial charge in [0.2, 0.25) is 0 Å². The molecule has 0 aliphatic heterocycles. The summed E-state index contributed by atoms with van der Waals surface area (Å²) in [6, 6.07) is 14.8. The Balaban J connectivity index is 1.59. The molecule has 0 saturated heterocycles. The van der Waals surface area contributed by atoms with E-state index in [-0.39, 0.29) is 0 Å². The molecular formula is C29H34N2. The average Bonchev–Trinajstić information content (AvgIpc) is 2.69. The quantitative estimate of drug-likeness (QED) is 0.523. The maximum absolute atomic E-state index is 6.58. The molecule has 0 bridgehead atoms. The second-order valence-electron chi connectivity index (χ2n) is 9.48. The van der Waals surface area contributed by atoms with Gasteiger partial charge in [-0.3, -0.25) is 0 Å². The van der Waals surface area contributed by atoms with Crippen LogP contribution >= 0.6 is 0 Å². The van der Waals surface area contributed by atoms with Crippen LogP contribution in [0.1, 0.15) is 57.2 Å². The fraction of sp³-hybridized carbons (Fsp3) is 0.310. The third-order valence-electron chi connectivity index (χ3n) is 6.54. The molecule has 4 rings (SSSR count). The predicted octanol–water partition coefficient (Wildman–Crippen LogP) is 7.20. The first kappa shape index (κ1) is 21.2. The van der Waals surface area contributed by atoms with Crippen LogP contribution < -0.4 is 11.5 Å². The number of benzene rings is 2. The number of nitrogens with two attached hydrogens (primary N) is 2. The van der Waals surface area contributed by atoms with Gasteiger partial charge in [0, 0.05) is 22.5 Å². The highest BCUT2D eigenvalue weighted by Crippen LogP contribution is 2.38. The van der Waals surface area contributed by atoms with Crippen molar-refractivity contribution in [2.24, 2.45) is 11.8 Å². The minimum absolute atomic E-state index is 0.447. The monoisotopic (exact) mass is 410 g/mol. The van der Waals surface area contributed by atoms with Crippen molar-refractivity contribution < 1.29 is 0 Å². The molecule has 2 aliphatic rings. The first-order valence-electron chi connectivity index (χ1n) is 11.3. The highest BCUT2D eigenvalue weighted by atomic mass is 14.6. The van der Waals surface area contributed by atoms with E-state index >= 15 is 0 Å². The lowest BCUT2D eigenvalue weighted by Gasteiger charge is -2.24. The summed E-state index contributed by atoms with van der Waals surface area (Å²) in [6.07, 6.45) is 10.2. The Morgan fingerprint density at radius 3 is 2.35 bits per heavy atom. The standard InChI is InChI=1S/C29H34N2/c1-18-11-20(3)29(21(4)12-18)26-10-9-22(17-28(26)31)15-23-13-19(2)14-24(16-23)25-7-5-6-8-27(25)30/h5-11,14,16-18,23H,12-13,15,30-31H2,1-4H3. The van der Waals surface area contributed by atoms with Crippen LogP contribution in [0.15, 0.2) is 77.4 Å². The van der Waals surface area contributed by atoms with Crippen molar-refractivity contribution in [3.05, 3.63) is 94.1 Å². The summed E-state index contributed by atoms with van der Waals surface area (Å²) in [5.74, 6) is 1.05. The van der Waals surface area contributed by atoms with Crippen LogP contribution in [-0.4, -0.2) is 0 Å². The molecule has 2 unspecified atom stereocenters. The van der Waals surface area contributed by atoms with Crippen molar-refractivity contribution in [2.75, 3.05) is 11.5 Å². The Morgan fingerprint density at radius 1 is 0.871 bits per heavy atom. The van der Waals surface area contributed by atoms with Gasteiger partial charge in [-0.05, 0) is 86.3 Å². The Labute approximate surface area is 187 Å². The summed E-state index contributed by atoms with van der Waals surface area (Å²) in [5.41, 5.74) is 24.9. The van der Waals surface area contributed by atoms with E-state index in [0.29, 0.717) is 11.8 Å². The van der Waals surface area contributed by atoms with Crippen molar-refractivity contribution in [3.63, 3.8) is 0 Å². The number of para-hydroxylation sites is 1. The number of rotatable bonds is 4. The van der Waals surface area contributed by atoms with E-state index in [0.717, 1.165) is 36.2 Å². The molecule has 31 heavy (non-hydrogen) atoms. The van der Waals surface area contributed by atoms with Gasteiger partial charge in [-0.2, -0.15) is 0 Å². The van der Waals surface area contributed by atoms with Crippen LogP contribution in [0.25, 0.3) is 11.1 Å². The van der Waals surface area contributed by atoms with Gasteiger partial charge in [0.1, 0.15) is 0 Å². The molecule has 0 radical (unpaired) electrons. The second-order valence-corrected chi connectivity index (χ2v) is 9.48. The minimum atomic E-state index is 0.447. The smallest absolute Gasteiger partial charge is 0.0396 e. The fourth-order valence-electron chi connectivity index (χ4n) is 5.36. The average molecular weight is 411 g/mol. The molecule has 0 heterocycles. The minimum Gasteiger partial charge on any atom is -0.398 e. The molecule has 0 fully saturated rings. The van der Waals surface area contributed by atoms with E-state index in [1.54, 1.807) is 0 Å². The zero-order valence-electron chi connectivity index (χ0n) is 19.2. The van der Waals surface area contributed by atoms with Crippen LogP contribution in [0, 0.1) is 11.8 Å². The molecule has 160 valence electrons. The van der Waals surface area contributed by atoms with Gasteiger partial charge in [-0.25, -0.2) is 0 Å². The van der Waals surface area contributed by atoms with Crippen LogP contribution in [0.3, 0.4) is 0 Å². The molecule has 2 atom stereocenters. The summed E-state index contributed by atoms with van der Waals surface area (Å²) in [5, 5.41) is 0. The van der Waals surface area contributed by atoms with Crippen molar-refractivity contribution in [2.45, 2.75) is 47.0 Å². The Morgan fingerprint density at radius 2 is 1.65 bits per heavy atom. The predicted molar refractivity (Wildman–Crippen MR) is 135 cm³/mol. The Kier molecular flexibility index (Phi) is 5.91. The lowest BCUT2D eigenvalue weighted by molar-refractivity contribution is 0.635. The second kappa shape index (κ2) is 8.63. The first-order valence-corrected chi connectivity index (χ1v) is 11.3. The summed E-state index contributed by atoms with van der Waals surface area (Å²) in [7, 11) is 0. The van der Waals surface area contributed by atoms with Crippen molar-refractivity contribution in [1.29, 1.82) is 0 Å². The topological polar surface area (TPSA) is 52.0 Å². The fourth-order valence-corrected chi connectivity index (χ4v) is 5.36. The molecule has 2 aromatic carbocycles. The summed E-state index contributed by atoms with van der Waals surface area (Å²) < 4.78 is 0. The zero-order chi connectivity index (χ0) is 22.1. The van der Waals surface area contributed by atoms with Gasteiger partial charge in [-0.15, -0.1) is 0 Å². The third kappa shape index (κ3) is 4.54. The van der Waals surface area contributed by atoms with E-state index in [1.165, 1.54) is 39.0 Å². The van der Waals surface area contributed by atoms with Crippen LogP contribution in [0.5, 0.6) is 0 Å². The zero-order valence-corrected chi connectivity index (χ0v) is 19.2. The van der Waals surface area contributed by atoms with Gasteiger partial charge < -0.3 is 11.5 Å². The molecule has 0 spiro atoms. The van der Waals surface area contributed by atoms with Crippen LogP contribution in [0.4, 0.5) is 11.4 Å². The summed E-state index contributed by atoms with van der Waals surface area (Å²) in [6.45, 7) is 8.95. The molecule has 2 nitrogen and oxygen atoms in total. The van der Waals surface area contributed by atoms with Crippen molar-refractivity contribution in [3.8, 4) is 0 Å². The van der Waals surface area contributed by atoms with Gasteiger partial charge in [0.25, 0.3) is 0 Å². The lowest BCUT2D eigenvalue weighted by atomic mass is 9.81. The molecule has 2 heteroatoms. The van der Waals surface area contributed by atoms with Crippen molar-refractivity contribution >= 4 is 22.5 Å². The maximum atomic E-state index is 6.58. The Hall–Kier alpha value is -3.00. The maximum Gasteiger partial charge on any atom is 0.0396 e. The molecule has 0 saturated carbocycles. The lowest BCUT2D eigenvalue weighted by Crippen LogP contribution is -2.09. The van der Waals surface area contributed by atoms with Crippen LogP contribution in [-0.2, 0) is 6.42 Å². The highest BCUT2D eigenvalue weighted by Gasteiger charge is 2.20. The largest absolute Gasteiger partial charge is 0.398 e. The van der Waals surface area contributed by atoms with Gasteiger partial charge in [0.05, 0.1) is 0 Å². The number of hydrogen-bond acceptors (Lipinski definition) is 2. The summed E-state index contributed by atoms with van der Waals surface area (Å²) >= 11 is 0. The van der Waals surface area contributed by atoms with E-state index in [1.807, 2.05) is 12.1 Å². The number of hydrogen-bond donors (Lipinski definition) is 2. The SMILES string of the molecule is CC1=CC(c2ccccc2N)=CC(Cc2ccc(C3=C(C)CC(C)C=C3C)c(N)c2)C1. The van der Waals surface area contributed by atoms with Gasteiger partial charge in [0.15, 0.2) is 0 Å². The number of anilines is 2. The number of nitrogen functional groups attached to an aromatic ring is 2. The molecule has 0 amide bonds. The Bertz CT molecular complexity index is 1130. The van der Waals surface area contributed by atoms with Crippen LogP contribution in [0.2, 0.25) is 0 Å². The molecular weight excluding hydrogens is 376 g/mol. The highest BCUT2D eigenvalue weighted by molar-refractivity contribution is 5.87. The van der Waals surface area contributed by atoms with Crippen molar-refractivity contribution in [1.82, 2.24) is 0 Å². The molecule has 2 aliphatic carbocycles. The van der Waals surface area contributed by atoms with E-state index in [2.05, 4.69) is 76.3 Å². The van der Waals surface area contributed by atoms with Gasteiger partial charge in [-0.1, -0.05) is 66.6 Å². The van der Waals surface area contributed by atoms with E-state index in [9.17, 15) is 0 Å². The third-order valence-corrected chi connectivity index (χ3v) is 6.54. The normalized spacial score (nSPS) is 21.5. The van der Waals surface area contributed by atoms with E-state index < -0.39 is 0 Å². The summed E-state index contributed by atoms with van der Waals surface area (Å²) in [4.78, 5) is 0. The number of allylic oxidation sites excluding steroid dienone is 8.